The molecule has 0 N–H and O–H groups in total. The van der Waals surface area contributed by atoms with Gasteiger partial charge in [-0.2, -0.15) is 4.31 Å². The molecule has 1 amide bonds. The standard InChI is InChI=1S/C22H29N3O4S/c1-15-20(22(26)24(2)3)23-21(29-15)17-10-12-25(13-11-17)30(27,28)19-9-8-16-6-4-5-7-18(16)14-19/h8-9,14,17H,4-7,10-13H2,1-3H3. The van der Waals surface area contributed by atoms with Crippen LogP contribution in [0.3, 0.4) is 0 Å². The topological polar surface area (TPSA) is 83.7 Å². The van der Waals surface area contributed by atoms with Gasteiger partial charge in [-0.25, -0.2) is 13.4 Å². The van der Waals surface area contributed by atoms with Crippen molar-refractivity contribution in [1.29, 1.82) is 0 Å². The third-order valence-corrected chi connectivity index (χ3v) is 8.08. The summed E-state index contributed by atoms with van der Waals surface area (Å²) in [5, 5.41) is 0. The summed E-state index contributed by atoms with van der Waals surface area (Å²) in [7, 11) is -0.146. The molecule has 0 bridgehead atoms. The minimum atomic E-state index is -3.51. The molecule has 2 heterocycles. The Morgan fingerprint density at radius 3 is 2.47 bits per heavy atom. The van der Waals surface area contributed by atoms with E-state index in [-0.39, 0.29) is 11.8 Å². The normalized spacial score (nSPS) is 18.2. The largest absolute Gasteiger partial charge is 0.445 e. The molecule has 1 aromatic heterocycles. The number of sulfonamides is 1. The quantitative estimate of drug-likeness (QED) is 0.743. The molecule has 0 radical (unpaired) electrons. The Kier molecular flexibility index (Phi) is 5.72. The van der Waals surface area contributed by atoms with Crippen molar-refractivity contribution in [3.63, 3.8) is 0 Å². The Hall–Kier alpha value is -2.19. The molecule has 0 saturated carbocycles. The fourth-order valence-corrected chi connectivity index (χ4v) is 5.89. The van der Waals surface area contributed by atoms with Gasteiger partial charge >= 0.3 is 0 Å². The first-order chi connectivity index (χ1) is 14.3. The third kappa shape index (κ3) is 3.90. The number of carbonyl (C=O) groups excluding carboxylic acids is 1. The number of benzene rings is 1. The Bertz CT molecular complexity index is 1050. The first kappa shape index (κ1) is 21.1. The van der Waals surface area contributed by atoms with Crippen molar-refractivity contribution in [3.05, 3.63) is 46.7 Å². The molecule has 2 aliphatic rings. The highest BCUT2D eigenvalue weighted by molar-refractivity contribution is 7.89. The maximum absolute atomic E-state index is 13.2. The molecule has 1 aliphatic heterocycles. The van der Waals surface area contributed by atoms with E-state index in [4.69, 9.17) is 4.42 Å². The average Bonchev–Trinajstić information content (AvgIpc) is 3.14. The monoisotopic (exact) mass is 431 g/mol. The zero-order valence-electron chi connectivity index (χ0n) is 17.8. The summed E-state index contributed by atoms with van der Waals surface area (Å²) in [6, 6.07) is 5.60. The van der Waals surface area contributed by atoms with E-state index in [1.54, 1.807) is 31.4 Å². The maximum Gasteiger partial charge on any atom is 0.275 e. The fourth-order valence-electron chi connectivity index (χ4n) is 4.36. The van der Waals surface area contributed by atoms with E-state index in [9.17, 15) is 13.2 Å². The Labute approximate surface area is 178 Å². The first-order valence-corrected chi connectivity index (χ1v) is 12.0. The summed E-state index contributed by atoms with van der Waals surface area (Å²) < 4.78 is 33.7. The van der Waals surface area contributed by atoms with Crippen molar-refractivity contribution in [2.75, 3.05) is 27.2 Å². The maximum atomic E-state index is 13.2. The number of aromatic nitrogens is 1. The molecule has 0 unspecified atom stereocenters. The number of amides is 1. The van der Waals surface area contributed by atoms with Crippen LogP contribution in [0, 0.1) is 6.92 Å². The van der Waals surface area contributed by atoms with Gasteiger partial charge in [0.05, 0.1) is 4.90 Å². The van der Waals surface area contributed by atoms with Crippen LogP contribution < -0.4 is 0 Å². The van der Waals surface area contributed by atoms with E-state index in [1.165, 1.54) is 22.4 Å². The predicted molar refractivity (Wildman–Crippen MR) is 113 cm³/mol. The number of oxazole rings is 1. The number of fused-ring (bicyclic) bond motifs is 1. The highest BCUT2D eigenvalue weighted by Gasteiger charge is 2.33. The lowest BCUT2D eigenvalue weighted by atomic mass is 9.92. The molecule has 30 heavy (non-hydrogen) atoms. The van der Waals surface area contributed by atoms with Crippen LogP contribution in [0.25, 0.3) is 0 Å². The van der Waals surface area contributed by atoms with Crippen LogP contribution >= 0.6 is 0 Å². The van der Waals surface area contributed by atoms with Crippen molar-refractivity contribution in [2.45, 2.75) is 56.3 Å². The molecule has 8 heteroatoms. The van der Waals surface area contributed by atoms with Crippen molar-refractivity contribution in [2.24, 2.45) is 0 Å². The van der Waals surface area contributed by atoms with E-state index in [0.29, 0.717) is 48.2 Å². The summed E-state index contributed by atoms with van der Waals surface area (Å²) in [5.41, 5.74) is 2.78. The molecule has 1 aliphatic carbocycles. The lowest BCUT2D eigenvalue weighted by Gasteiger charge is -2.30. The van der Waals surface area contributed by atoms with Crippen molar-refractivity contribution in [3.8, 4) is 0 Å². The number of rotatable bonds is 4. The highest BCUT2D eigenvalue weighted by Crippen LogP contribution is 2.32. The van der Waals surface area contributed by atoms with Crippen LogP contribution in [0.2, 0.25) is 0 Å². The van der Waals surface area contributed by atoms with Gasteiger partial charge in [0.1, 0.15) is 5.76 Å². The summed E-state index contributed by atoms with van der Waals surface area (Å²) in [6.45, 7) is 2.58. The van der Waals surface area contributed by atoms with Gasteiger partial charge in [0.2, 0.25) is 10.0 Å². The molecule has 1 aromatic carbocycles. The number of piperidine rings is 1. The first-order valence-electron chi connectivity index (χ1n) is 10.6. The van der Waals surface area contributed by atoms with Gasteiger partial charge in [-0.15, -0.1) is 0 Å². The number of aryl methyl sites for hydroxylation is 3. The zero-order chi connectivity index (χ0) is 21.5. The van der Waals surface area contributed by atoms with Crippen LogP contribution in [-0.2, 0) is 22.9 Å². The minimum Gasteiger partial charge on any atom is -0.445 e. The van der Waals surface area contributed by atoms with Crippen molar-refractivity contribution >= 4 is 15.9 Å². The van der Waals surface area contributed by atoms with Crippen molar-refractivity contribution in [1.82, 2.24) is 14.2 Å². The second-order valence-electron chi connectivity index (χ2n) is 8.47. The molecule has 0 spiro atoms. The van der Waals surface area contributed by atoms with Crippen LogP contribution in [0.15, 0.2) is 27.5 Å². The number of hydrogen-bond acceptors (Lipinski definition) is 5. The number of nitrogens with zero attached hydrogens (tertiary/aromatic N) is 3. The van der Waals surface area contributed by atoms with Gasteiger partial charge in [-0.05, 0) is 68.7 Å². The molecule has 1 saturated heterocycles. The van der Waals surface area contributed by atoms with E-state index in [0.717, 1.165) is 19.3 Å². The fraction of sp³-hybridized carbons (Fsp3) is 0.545. The Morgan fingerprint density at radius 1 is 1.13 bits per heavy atom. The number of hydrogen-bond donors (Lipinski definition) is 0. The van der Waals surface area contributed by atoms with Crippen LogP contribution in [0.1, 0.15) is 64.9 Å². The molecule has 2 aromatic rings. The Balaban J connectivity index is 1.47. The third-order valence-electron chi connectivity index (χ3n) is 6.18. The van der Waals surface area contributed by atoms with Gasteiger partial charge < -0.3 is 9.32 Å². The van der Waals surface area contributed by atoms with Gasteiger partial charge in [0.25, 0.3) is 5.91 Å². The molecule has 1 fully saturated rings. The second kappa shape index (κ2) is 8.15. The van der Waals surface area contributed by atoms with Gasteiger partial charge in [0.15, 0.2) is 11.6 Å². The van der Waals surface area contributed by atoms with E-state index in [1.807, 2.05) is 12.1 Å². The number of carbonyl (C=O) groups is 1. The summed E-state index contributed by atoms with van der Waals surface area (Å²) >= 11 is 0. The molecule has 0 atom stereocenters. The summed E-state index contributed by atoms with van der Waals surface area (Å²) in [4.78, 5) is 18.5. The molecular formula is C22H29N3O4S. The van der Waals surface area contributed by atoms with Crippen LogP contribution in [0.4, 0.5) is 0 Å². The molecule has 7 nitrogen and oxygen atoms in total. The van der Waals surface area contributed by atoms with Crippen LogP contribution in [0.5, 0.6) is 0 Å². The van der Waals surface area contributed by atoms with Gasteiger partial charge in [0, 0.05) is 33.1 Å². The smallest absolute Gasteiger partial charge is 0.275 e. The molecule has 4 rings (SSSR count). The lowest BCUT2D eigenvalue weighted by molar-refractivity contribution is 0.0821. The average molecular weight is 432 g/mol. The zero-order valence-corrected chi connectivity index (χ0v) is 18.7. The van der Waals surface area contributed by atoms with Gasteiger partial charge in [-0.1, -0.05) is 6.07 Å². The highest BCUT2D eigenvalue weighted by atomic mass is 32.2. The summed E-state index contributed by atoms with van der Waals surface area (Å²) in [6.07, 6.45) is 5.54. The second-order valence-corrected chi connectivity index (χ2v) is 10.4. The molecular weight excluding hydrogens is 402 g/mol. The molecule has 162 valence electrons. The van der Waals surface area contributed by atoms with E-state index in [2.05, 4.69) is 4.98 Å². The van der Waals surface area contributed by atoms with E-state index >= 15 is 0 Å². The van der Waals surface area contributed by atoms with Crippen LogP contribution in [-0.4, -0.2) is 55.7 Å². The lowest BCUT2D eigenvalue weighted by Crippen LogP contribution is -2.38. The Morgan fingerprint density at radius 2 is 1.80 bits per heavy atom. The summed E-state index contributed by atoms with van der Waals surface area (Å²) in [5.74, 6) is 0.869. The van der Waals surface area contributed by atoms with Crippen molar-refractivity contribution < 1.29 is 17.6 Å². The predicted octanol–water partition coefficient (Wildman–Crippen LogP) is 3.13. The minimum absolute atomic E-state index is 0.0161. The SMILES string of the molecule is Cc1oc(C2CCN(S(=O)(=O)c3ccc4c(c3)CCCC4)CC2)nc1C(=O)N(C)C. The van der Waals surface area contributed by atoms with Gasteiger partial charge in [-0.3, -0.25) is 4.79 Å². The van der Waals surface area contributed by atoms with E-state index < -0.39 is 10.0 Å².